The molecule has 5 rings (SSSR count). The van der Waals surface area contributed by atoms with Gasteiger partial charge in [-0.05, 0) is 42.0 Å². The van der Waals surface area contributed by atoms with Gasteiger partial charge < -0.3 is 9.15 Å². The molecule has 32 heavy (non-hydrogen) atoms. The summed E-state index contributed by atoms with van der Waals surface area (Å²) < 4.78 is 24.7. The SMILES string of the molecule is O=C(CSc1nnc(-c2ccc(F)cc2)o1)N1c2ccccc2OC[C@H]1c1ccccc1. The maximum absolute atomic E-state index is 13.4. The fourth-order valence-corrected chi connectivity index (χ4v) is 4.21. The van der Waals surface area contributed by atoms with E-state index in [2.05, 4.69) is 10.2 Å². The Morgan fingerprint density at radius 1 is 1.00 bits per heavy atom. The zero-order chi connectivity index (χ0) is 21.9. The minimum atomic E-state index is -0.341. The van der Waals surface area contributed by atoms with Gasteiger partial charge in [-0.15, -0.1) is 10.2 Å². The van der Waals surface area contributed by atoms with Crippen molar-refractivity contribution in [2.45, 2.75) is 11.3 Å². The van der Waals surface area contributed by atoms with Crippen LogP contribution in [-0.2, 0) is 4.79 Å². The molecule has 0 radical (unpaired) electrons. The molecule has 2 heterocycles. The number of para-hydroxylation sites is 2. The Labute approximate surface area is 188 Å². The minimum absolute atomic E-state index is 0.0962. The number of anilines is 1. The monoisotopic (exact) mass is 447 g/mol. The predicted molar refractivity (Wildman–Crippen MR) is 119 cm³/mol. The number of nitrogens with zero attached hydrogens (tertiary/aromatic N) is 3. The molecule has 1 aliphatic heterocycles. The van der Waals surface area contributed by atoms with E-state index in [-0.39, 0.29) is 34.6 Å². The van der Waals surface area contributed by atoms with Crippen molar-refractivity contribution in [3.05, 3.63) is 90.2 Å². The van der Waals surface area contributed by atoms with Gasteiger partial charge in [-0.25, -0.2) is 4.39 Å². The molecule has 4 aromatic rings. The third kappa shape index (κ3) is 4.09. The number of ether oxygens (including phenoxy) is 1. The standard InChI is InChI=1S/C24H18FN3O3S/c25-18-12-10-17(11-13-18)23-26-27-24(31-23)32-15-22(29)28-19-8-4-5-9-21(19)30-14-20(28)16-6-2-1-3-7-16/h1-13,20H,14-15H2/t20-/m0/s1. The first-order valence-corrected chi connectivity index (χ1v) is 11.0. The number of halogens is 1. The van der Waals surface area contributed by atoms with E-state index >= 15 is 0 Å². The number of carbonyl (C=O) groups excluding carboxylic acids is 1. The molecule has 0 spiro atoms. The summed E-state index contributed by atoms with van der Waals surface area (Å²) in [6, 6.07) is 22.9. The largest absolute Gasteiger partial charge is 0.489 e. The average molecular weight is 447 g/mol. The summed E-state index contributed by atoms with van der Waals surface area (Å²) >= 11 is 1.17. The molecule has 1 aromatic heterocycles. The third-order valence-corrected chi connectivity index (χ3v) is 5.91. The van der Waals surface area contributed by atoms with Gasteiger partial charge in [-0.3, -0.25) is 9.69 Å². The summed E-state index contributed by atoms with van der Waals surface area (Å²) in [6.07, 6.45) is 0. The molecule has 1 amide bonds. The van der Waals surface area contributed by atoms with Crippen LogP contribution in [0.2, 0.25) is 0 Å². The molecule has 0 N–H and O–H groups in total. The maximum Gasteiger partial charge on any atom is 0.277 e. The molecular formula is C24H18FN3O3S. The Hall–Kier alpha value is -3.65. The Bertz CT molecular complexity index is 1230. The number of benzene rings is 3. The summed E-state index contributed by atoms with van der Waals surface area (Å²) in [5.74, 6) is 0.629. The Kier molecular flexibility index (Phi) is 5.60. The topological polar surface area (TPSA) is 68.5 Å². The highest BCUT2D eigenvalue weighted by molar-refractivity contribution is 7.99. The van der Waals surface area contributed by atoms with Crippen molar-refractivity contribution in [1.29, 1.82) is 0 Å². The summed E-state index contributed by atoms with van der Waals surface area (Å²) in [7, 11) is 0. The normalized spacial score (nSPS) is 15.2. The average Bonchev–Trinajstić information content (AvgIpc) is 3.32. The van der Waals surface area contributed by atoms with Crippen molar-refractivity contribution in [1.82, 2.24) is 10.2 Å². The summed E-state index contributed by atoms with van der Waals surface area (Å²) in [5, 5.41) is 8.28. The predicted octanol–water partition coefficient (Wildman–Crippen LogP) is 5.13. The first-order valence-electron chi connectivity index (χ1n) is 10.00. The van der Waals surface area contributed by atoms with Gasteiger partial charge in [0.25, 0.3) is 5.22 Å². The molecule has 0 unspecified atom stereocenters. The van der Waals surface area contributed by atoms with Crippen molar-refractivity contribution >= 4 is 23.4 Å². The quantitative estimate of drug-likeness (QED) is 0.395. The molecule has 0 saturated heterocycles. The van der Waals surface area contributed by atoms with Crippen LogP contribution in [0.1, 0.15) is 11.6 Å². The number of rotatable bonds is 5. The number of fused-ring (bicyclic) bond motifs is 1. The molecule has 0 saturated carbocycles. The van der Waals surface area contributed by atoms with Gasteiger partial charge in [0.2, 0.25) is 11.8 Å². The van der Waals surface area contributed by atoms with Crippen LogP contribution in [0.4, 0.5) is 10.1 Å². The Balaban J connectivity index is 1.36. The first-order chi connectivity index (χ1) is 15.7. The van der Waals surface area contributed by atoms with Crippen LogP contribution in [0.15, 0.2) is 88.5 Å². The number of carbonyl (C=O) groups is 1. The molecule has 0 aliphatic carbocycles. The molecule has 8 heteroatoms. The summed E-state index contributed by atoms with van der Waals surface area (Å²) in [5.41, 5.74) is 2.34. The highest BCUT2D eigenvalue weighted by Gasteiger charge is 2.33. The molecule has 1 atom stereocenters. The summed E-state index contributed by atoms with van der Waals surface area (Å²) in [6.45, 7) is 0.368. The lowest BCUT2D eigenvalue weighted by Crippen LogP contribution is -2.42. The van der Waals surface area contributed by atoms with Gasteiger partial charge in [0.05, 0.1) is 17.5 Å². The third-order valence-electron chi connectivity index (χ3n) is 5.10. The fraction of sp³-hybridized carbons (Fsp3) is 0.125. The molecular weight excluding hydrogens is 429 g/mol. The van der Waals surface area contributed by atoms with Gasteiger partial charge >= 0.3 is 0 Å². The highest BCUT2D eigenvalue weighted by Crippen LogP contribution is 2.39. The molecule has 6 nitrogen and oxygen atoms in total. The van der Waals surface area contributed by atoms with E-state index < -0.39 is 0 Å². The number of hydrogen-bond donors (Lipinski definition) is 0. The lowest BCUT2D eigenvalue weighted by Gasteiger charge is -2.37. The maximum atomic E-state index is 13.4. The molecule has 1 aliphatic rings. The number of aromatic nitrogens is 2. The van der Waals surface area contributed by atoms with Crippen LogP contribution >= 0.6 is 11.8 Å². The van der Waals surface area contributed by atoms with E-state index in [1.807, 2.05) is 54.6 Å². The van der Waals surface area contributed by atoms with Gasteiger partial charge in [-0.2, -0.15) is 0 Å². The zero-order valence-electron chi connectivity index (χ0n) is 16.8. The van der Waals surface area contributed by atoms with E-state index in [9.17, 15) is 9.18 Å². The fourth-order valence-electron chi connectivity index (χ4n) is 3.59. The molecule has 0 fully saturated rings. The van der Waals surface area contributed by atoms with Crippen molar-refractivity contribution in [3.8, 4) is 17.2 Å². The smallest absolute Gasteiger partial charge is 0.277 e. The van der Waals surface area contributed by atoms with Crippen LogP contribution in [-0.4, -0.2) is 28.5 Å². The van der Waals surface area contributed by atoms with E-state index in [0.717, 1.165) is 11.3 Å². The van der Waals surface area contributed by atoms with E-state index in [1.165, 1.54) is 23.9 Å². The molecule has 0 bridgehead atoms. The highest BCUT2D eigenvalue weighted by atomic mass is 32.2. The first kappa shape index (κ1) is 20.3. The van der Waals surface area contributed by atoms with E-state index in [1.54, 1.807) is 17.0 Å². The lowest BCUT2D eigenvalue weighted by molar-refractivity contribution is -0.117. The van der Waals surface area contributed by atoms with Crippen LogP contribution in [0, 0.1) is 5.82 Å². The van der Waals surface area contributed by atoms with Crippen LogP contribution in [0.25, 0.3) is 11.5 Å². The Morgan fingerprint density at radius 3 is 2.56 bits per heavy atom. The second-order valence-electron chi connectivity index (χ2n) is 7.14. The number of thioether (sulfide) groups is 1. The molecule has 3 aromatic carbocycles. The lowest BCUT2D eigenvalue weighted by atomic mass is 10.0. The van der Waals surface area contributed by atoms with Crippen LogP contribution in [0.5, 0.6) is 5.75 Å². The van der Waals surface area contributed by atoms with Crippen molar-refractivity contribution in [2.75, 3.05) is 17.3 Å². The second-order valence-corrected chi connectivity index (χ2v) is 8.06. The van der Waals surface area contributed by atoms with Gasteiger partial charge in [0, 0.05) is 5.56 Å². The van der Waals surface area contributed by atoms with Gasteiger partial charge in [0.15, 0.2) is 0 Å². The van der Waals surface area contributed by atoms with E-state index in [0.29, 0.717) is 17.9 Å². The van der Waals surface area contributed by atoms with Gasteiger partial charge in [0.1, 0.15) is 18.2 Å². The Morgan fingerprint density at radius 2 is 1.75 bits per heavy atom. The van der Waals surface area contributed by atoms with Crippen molar-refractivity contribution in [3.63, 3.8) is 0 Å². The second kappa shape index (κ2) is 8.84. The van der Waals surface area contributed by atoms with E-state index in [4.69, 9.17) is 9.15 Å². The minimum Gasteiger partial charge on any atom is -0.489 e. The van der Waals surface area contributed by atoms with Crippen molar-refractivity contribution < 1.29 is 18.3 Å². The van der Waals surface area contributed by atoms with Crippen LogP contribution < -0.4 is 9.64 Å². The van der Waals surface area contributed by atoms with Gasteiger partial charge in [-0.1, -0.05) is 54.2 Å². The van der Waals surface area contributed by atoms with Crippen molar-refractivity contribution in [2.24, 2.45) is 0 Å². The number of hydrogen-bond acceptors (Lipinski definition) is 6. The number of amides is 1. The van der Waals surface area contributed by atoms with Crippen LogP contribution in [0.3, 0.4) is 0 Å². The molecule has 160 valence electrons. The summed E-state index contributed by atoms with van der Waals surface area (Å²) in [4.78, 5) is 15.1. The zero-order valence-corrected chi connectivity index (χ0v) is 17.7.